The van der Waals surface area contributed by atoms with Crippen molar-refractivity contribution in [1.29, 1.82) is 0 Å². The number of nitrogens with one attached hydrogen (secondary N) is 1. The molecule has 0 saturated heterocycles. The van der Waals surface area contributed by atoms with Crippen molar-refractivity contribution >= 4 is 11.8 Å². The maximum atomic E-state index is 12.4. The number of fused-ring (bicyclic) bond motifs is 1. The summed E-state index contributed by atoms with van der Waals surface area (Å²) in [6, 6.07) is 10.1. The predicted molar refractivity (Wildman–Crippen MR) is 85.0 cm³/mol. The summed E-state index contributed by atoms with van der Waals surface area (Å²) in [6.45, 7) is 0.510. The summed E-state index contributed by atoms with van der Waals surface area (Å²) >= 11 is 0. The van der Waals surface area contributed by atoms with Crippen molar-refractivity contribution in [3.05, 3.63) is 47.0 Å². The molecule has 1 fully saturated rings. The van der Waals surface area contributed by atoms with Crippen molar-refractivity contribution < 1.29 is 9.59 Å². The molecule has 0 bridgehead atoms. The summed E-state index contributed by atoms with van der Waals surface area (Å²) in [5, 5.41) is 2.91. The lowest BCUT2D eigenvalue weighted by atomic mass is 9.88. The van der Waals surface area contributed by atoms with Gasteiger partial charge in [-0.2, -0.15) is 0 Å². The van der Waals surface area contributed by atoms with Gasteiger partial charge in [0.25, 0.3) is 5.91 Å². The van der Waals surface area contributed by atoms with Crippen molar-refractivity contribution in [3.8, 4) is 0 Å². The van der Waals surface area contributed by atoms with E-state index in [1.54, 1.807) is 0 Å². The van der Waals surface area contributed by atoms with Crippen LogP contribution in [0.3, 0.4) is 0 Å². The highest BCUT2D eigenvalue weighted by Crippen LogP contribution is 2.36. The number of hydrogen-bond donors (Lipinski definition) is 1. The van der Waals surface area contributed by atoms with Crippen molar-refractivity contribution in [2.75, 3.05) is 7.05 Å². The smallest absolute Gasteiger partial charge is 0.250 e. The van der Waals surface area contributed by atoms with E-state index in [9.17, 15) is 9.59 Å². The van der Waals surface area contributed by atoms with E-state index in [0.717, 1.165) is 30.4 Å². The van der Waals surface area contributed by atoms with Crippen LogP contribution in [0.1, 0.15) is 37.7 Å². The van der Waals surface area contributed by atoms with Gasteiger partial charge in [-0.3, -0.25) is 9.59 Å². The summed E-state index contributed by atoms with van der Waals surface area (Å²) in [6.07, 6.45) is 4.50. The van der Waals surface area contributed by atoms with Crippen molar-refractivity contribution in [3.63, 3.8) is 0 Å². The number of benzene rings is 1. The van der Waals surface area contributed by atoms with Gasteiger partial charge in [-0.25, -0.2) is 0 Å². The molecule has 22 heavy (non-hydrogen) atoms. The third kappa shape index (κ3) is 2.91. The molecule has 1 heterocycles. The maximum absolute atomic E-state index is 12.4. The first-order valence-electron chi connectivity index (χ1n) is 7.96. The van der Waals surface area contributed by atoms with Crippen LogP contribution in [-0.4, -0.2) is 29.8 Å². The van der Waals surface area contributed by atoms with E-state index in [1.807, 2.05) is 42.3 Å². The second kappa shape index (κ2) is 6.34. The first kappa shape index (κ1) is 14.8. The second-order valence-corrected chi connectivity index (χ2v) is 6.12. The Morgan fingerprint density at radius 3 is 2.82 bits per heavy atom. The highest BCUT2D eigenvalue weighted by Gasteiger charge is 2.38. The fourth-order valence-corrected chi connectivity index (χ4v) is 3.47. The Balaban J connectivity index is 1.64. The normalized spacial score (nSPS) is 21.0. The number of likely N-dealkylation sites (N-methyl/N-ethyl adjacent to an activating group) is 1. The zero-order chi connectivity index (χ0) is 15.5. The molecule has 1 aromatic rings. The highest BCUT2D eigenvalue weighted by atomic mass is 16.2. The molecule has 2 amide bonds. The lowest BCUT2D eigenvalue weighted by molar-refractivity contribution is -0.128. The minimum Gasteiger partial charge on any atom is -0.352 e. The van der Waals surface area contributed by atoms with Gasteiger partial charge in [-0.1, -0.05) is 36.8 Å². The fourth-order valence-electron chi connectivity index (χ4n) is 3.47. The van der Waals surface area contributed by atoms with E-state index < -0.39 is 0 Å². The van der Waals surface area contributed by atoms with Crippen LogP contribution < -0.4 is 5.32 Å². The van der Waals surface area contributed by atoms with Gasteiger partial charge >= 0.3 is 0 Å². The van der Waals surface area contributed by atoms with E-state index in [1.165, 1.54) is 12.0 Å². The van der Waals surface area contributed by atoms with Gasteiger partial charge in [0.1, 0.15) is 0 Å². The van der Waals surface area contributed by atoms with Crippen LogP contribution in [0.5, 0.6) is 0 Å². The third-order valence-corrected chi connectivity index (χ3v) is 4.68. The number of amides is 2. The van der Waals surface area contributed by atoms with Gasteiger partial charge in [0, 0.05) is 19.2 Å². The SMILES string of the molecule is CN1C(=O)C(CC(=O)NCc2ccccc2)=C2CCCCC21. The Bertz CT molecular complexity index is 607. The van der Waals surface area contributed by atoms with Gasteiger partial charge in [-0.05, 0) is 30.4 Å². The lowest BCUT2D eigenvalue weighted by Gasteiger charge is -2.26. The summed E-state index contributed by atoms with van der Waals surface area (Å²) in [5.74, 6) is -0.0314. The zero-order valence-corrected chi connectivity index (χ0v) is 13.0. The molecule has 1 aromatic carbocycles. The van der Waals surface area contributed by atoms with E-state index in [2.05, 4.69) is 5.32 Å². The molecular formula is C18H22N2O2. The molecule has 4 nitrogen and oxygen atoms in total. The first-order valence-corrected chi connectivity index (χ1v) is 7.96. The number of carbonyl (C=O) groups is 2. The molecule has 0 radical (unpaired) electrons. The van der Waals surface area contributed by atoms with E-state index >= 15 is 0 Å². The number of hydrogen-bond acceptors (Lipinski definition) is 2. The van der Waals surface area contributed by atoms with Crippen molar-refractivity contribution in [2.24, 2.45) is 0 Å². The van der Waals surface area contributed by atoms with Crippen LogP contribution >= 0.6 is 0 Å². The molecule has 1 aliphatic carbocycles. The van der Waals surface area contributed by atoms with E-state index in [0.29, 0.717) is 6.54 Å². The van der Waals surface area contributed by atoms with Gasteiger partial charge in [0.2, 0.25) is 5.91 Å². The lowest BCUT2D eigenvalue weighted by Crippen LogP contribution is -2.33. The minimum atomic E-state index is -0.0701. The first-order chi connectivity index (χ1) is 10.7. The summed E-state index contributed by atoms with van der Waals surface area (Å²) < 4.78 is 0. The molecule has 116 valence electrons. The Kier molecular flexibility index (Phi) is 4.27. The van der Waals surface area contributed by atoms with Crippen molar-refractivity contribution in [2.45, 2.75) is 44.7 Å². The Hall–Kier alpha value is -2.10. The predicted octanol–water partition coefficient (Wildman–Crippen LogP) is 2.40. The third-order valence-electron chi connectivity index (χ3n) is 4.68. The van der Waals surface area contributed by atoms with E-state index in [-0.39, 0.29) is 24.3 Å². The Morgan fingerprint density at radius 1 is 1.27 bits per heavy atom. The summed E-state index contributed by atoms with van der Waals surface area (Å²) in [4.78, 5) is 26.4. The van der Waals surface area contributed by atoms with Crippen LogP contribution in [0.15, 0.2) is 41.5 Å². The van der Waals surface area contributed by atoms with Gasteiger partial charge < -0.3 is 10.2 Å². The minimum absolute atomic E-state index is 0.0387. The maximum Gasteiger partial charge on any atom is 0.250 e. The molecule has 1 N–H and O–H groups in total. The number of nitrogens with zero attached hydrogens (tertiary/aromatic N) is 1. The van der Waals surface area contributed by atoms with Crippen molar-refractivity contribution in [1.82, 2.24) is 10.2 Å². The summed E-state index contributed by atoms with van der Waals surface area (Å²) in [7, 11) is 1.85. The molecule has 0 spiro atoms. The molecule has 1 saturated carbocycles. The Morgan fingerprint density at radius 2 is 2.05 bits per heavy atom. The van der Waals surface area contributed by atoms with Crippen LogP contribution in [0, 0.1) is 0 Å². The topological polar surface area (TPSA) is 49.4 Å². The van der Waals surface area contributed by atoms with Crippen LogP contribution in [0.25, 0.3) is 0 Å². The average Bonchev–Trinajstić information content (AvgIpc) is 2.79. The molecule has 1 unspecified atom stereocenters. The van der Waals surface area contributed by atoms with Gasteiger partial charge in [0.05, 0.1) is 12.5 Å². The second-order valence-electron chi connectivity index (χ2n) is 6.12. The standard InChI is InChI=1S/C18H22N2O2/c1-20-16-10-6-5-9-14(16)15(18(20)22)11-17(21)19-12-13-7-3-2-4-8-13/h2-4,7-8,16H,5-6,9-12H2,1H3,(H,19,21). The molecule has 2 aliphatic rings. The molecular weight excluding hydrogens is 276 g/mol. The molecule has 1 aliphatic heterocycles. The van der Waals surface area contributed by atoms with E-state index in [4.69, 9.17) is 0 Å². The van der Waals surface area contributed by atoms with Gasteiger partial charge in [-0.15, -0.1) is 0 Å². The fraction of sp³-hybridized carbons (Fsp3) is 0.444. The number of carbonyl (C=O) groups excluding carboxylic acids is 2. The number of rotatable bonds is 4. The summed E-state index contributed by atoms with van der Waals surface area (Å²) in [5.41, 5.74) is 3.00. The highest BCUT2D eigenvalue weighted by molar-refractivity contribution is 6.02. The molecule has 0 aromatic heterocycles. The van der Waals surface area contributed by atoms with Gasteiger partial charge in [0.15, 0.2) is 0 Å². The zero-order valence-electron chi connectivity index (χ0n) is 13.0. The van der Waals surface area contributed by atoms with Crippen LogP contribution in [0.2, 0.25) is 0 Å². The monoisotopic (exact) mass is 298 g/mol. The van der Waals surface area contributed by atoms with Crippen LogP contribution in [0.4, 0.5) is 0 Å². The molecule has 4 heteroatoms. The molecule has 1 atom stereocenters. The Labute approximate surface area is 131 Å². The molecule has 3 rings (SSSR count). The van der Waals surface area contributed by atoms with Crippen LogP contribution in [-0.2, 0) is 16.1 Å². The quantitative estimate of drug-likeness (QED) is 0.928. The average molecular weight is 298 g/mol. The largest absolute Gasteiger partial charge is 0.352 e.